The second kappa shape index (κ2) is 16.9. The summed E-state index contributed by atoms with van der Waals surface area (Å²) in [6, 6.07) is 21.7. The molecule has 0 aromatic heterocycles. The van der Waals surface area contributed by atoms with Crippen molar-refractivity contribution in [3.63, 3.8) is 0 Å². The summed E-state index contributed by atoms with van der Waals surface area (Å²) in [5, 5.41) is 19.1. The van der Waals surface area contributed by atoms with Gasteiger partial charge in [-0.05, 0) is 61.8 Å². The first-order valence-electron chi connectivity index (χ1n) is 13.6. The van der Waals surface area contributed by atoms with Crippen LogP contribution in [-0.4, -0.2) is 20.2 Å². The second-order valence-corrected chi connectivity index (χ2v) is 9.68. The number of unbranched alkanes of at least 4 members (excludes halogenated alkanes) is 6. The molecule has 0 aliphatic carbocycles. The first-order valence-corrected chi connectivity index (χ1v) is 13.6. The summed E-state index contributed by atoms with van der Waals surface area (Å²) in [6.07, 6.45) is 14.4. The second-order valence-electron chi connectivity index (χ2n) is 9.68. The normalized spacial score (nSPS) is 13.9. The minimum atomic E-state index is -0.481. The molecule has 4 nitrogen and oxygen atoms in total. The van der Waals surface area contributed by atoms with Crippen molar-refractivity contribution in [2.75, 3.05) is 14.2 Å². The minimum Gasteiger partial charge on any atom is -0.497 e. The maximum absolute atomic E-state index is 10.5. The molecule has 0 radical (unpaired) electrons. The molecule has 0 aliphatic rings. The van der Waals surface area contributed by atoms with Gasteiger partial charge < -0.3 is 4.74 Å². The highest BCUT2D eigenvalue weighted by molar-refractivity contribution is 5.38. The molecule has 2 aromatic rings. The van der Waals surface area contributed by atoms with Gasteiger partial charge in [-0.25, -0.2) is 0 Å². The number of rotatable bonds is 18. The highest BCUT2D eigenvalue weighted by Gasteiger charge is 2.32. The van der Waals surface area contributed by atoms with Crippen LogP contribution in [-0.2, 0) is 11.8 Å². The fourth-order valence-corrected chi connectivity index (χ4v) is 4.94. The van der Waals surface area contributed by atoms with E-state index in [2.05, 4.69) is 65.7 Å². The Balaban J connectivity index is 2.02. The van der Waals surface area contributed by atoms with Crippen LogP contribution in [0.2, 0.25) is 0 Å². The number of aryl methyl sites for hydroxylation is 1. The van der Waals surface area contributed by atoms with Crippen molar-refractivity contribution in [1.82, 2.24) is 0 Å². The molecule has 2 aromatic carbocycles. The average molecular weight is 476 g/mol. The van der Waals surface area contributed by atoms with Crippen molar-refractivity contribution < 1.29 is 4.74 Å². The Morgan fingerprint density at radius 3 is 2.29 bits per heavy atom. The molecule has 2 unspecified atom stereocenters. The fourth-order valence-electron chi connectivity index (χ4n) is 4.94. The fraction of sp³-hybridized carbons (Fsp3) is 0.581. The zero-order valence-corrected chi connectivity index (χ0v) is 22.2. The Labute approximate surface area is 213 Å². The number of hydrogen-bond acceptors (Lipinski definition) is 4. The molecule has 0 fully saturated rings. The zero-order chi connectivity index (χ0) is 25.2. The maximum atomic E-state index is 10.5. The van der Waals surface area contributed by atoms with Crippen LogP contribution in [0.5, 0.6) is 5.75 Å². The van der Waals surface area contributed by atoms with E-state index in [9.17, 15) is 5.26 Å². The van der Waals surface area contributed by atoms with Gasteiger partial charge in [0.25, 0.3) is 0 Å². The molecule has 190 valence electrons. The lowest BCUT2D eigenvalue weighted by atomic mass is 9.73. The molecule has 0 heterocycles. The summed E-state index contributed by atoms with van der Waals surface area (Å²) >= 11 is 0. The Morgan fingerprint density at radius 1 is 0.886 bits per heavy atom. The monoisotopic (exact) mass is 475 g/mol. The molecular weight excluding hydrogens is 430 g/mol. The van der Waals surface area contributed by atoms with Gasteiger partial charge in [-0.2, -0.15) is 15.5 Å². The molecule has 0 spiro atoms. The van der Waals surface area contributed by atoms with Gasteiger partial charge in [-0.15, -0.1) is 0 Å². The topological polar surface area (TPSA) is 57.7 Å². The van der Waals surface area contributed by atoms with Crippen LogP contribution >= 0.6 is 0 Å². The number of nitrogens with zero attached hydrogens (tertiary/aromatic N) is 3. The highest BCUT2D eigenvalue weighted by atomic mass is 16.5. The Bertz CT molecular complexity index is 890. The first kappa shape index (κ1) is 28.6. The first-order chi connectivity index (χ1) is 17.2. The number of ether oxygens (including phenoxy) is 1. The van der Waals surface area contributed by atoms with Crippen LogP contribution < -0.4 is 4.74 Å². The van der Waals surface area contributed by atoms with Crippen molar-refractivity contribution in [2.24, 2.45) is 10.2 Å². The van der Waals surface area contributed by atoms with Gasteiger partial charge in [0.15, 0.2) is 0 Å². The third kappa shape index (κ3) is 10.2. The van der Waals surface area contributed by atoms with E-state index in [1.54, 1.807) is 14.2 Å². The summed E-state index contributed by atoms with van der Waals surface area (Å²) < 4.78 is 5.49. The average Bonchev–Trinajstić information content (AvgIpc) is 2.90. The van der Waals surface area contributed by atoms with Gasteiger partial charge >= 0.3 is 0 Å². The van der Waals surface area contributed by atoms with Crippen molar-refractivity contribution in [1.29, 1.82) is 5.26 Å². The summed E-state index contributed by atoms with van der Waals surface area (Å²) in [5.74, 6) is 0.821. The van der Waals surface area contributed by atoms with E-state index in [4.69, 9.17) is 4.74 Å². The number of azo groups is 1. The lowest BCUT2D eigenvalue weighted by Gasteiger charge is -2.28. The van der Waals surface area contributed by atoms with Gasteiger partial charge in [0.1, 0.15) is 5.75 Å². The van der Waals surface area contributed by atoms with Gasteiger partial charge in [0, 0.05) is 7.05 Å². The smallest absolute Gasteiger partial charge is 0.119 e. The van der Waals surface area contributed by atoms with E-state index in [1.165, 1.54) is 44.1 Å². The predicted octanol–water partition coefficient (Wildman–Crippen LogP) is 8.85. The van der Waals surface area contributed by atoms with Crippen molar-refractivity contribution >= 4 is 0 Å². The Kier molecular flexibility index (Phi) is 13.8. The quantitative estimate of drug-likeness (QED) is 0.160. The molecule has 0 aliphatic heterocycles. The van der Waals surface area contributed by atoms with Crippen molar-refractivity contribution in [2.45, 2.75) is 102 Å². The van der Waals surface area contributed by atoms with E-state index in [1.807, 2.05) is 12.1 Å². The largest absolute Gasteiger partial charge is 0.497 e. The van der Waals surface area contributed by atoms with E-state index >= 15 is 0 Å². The standard InChI is InChI=1S/C31H45N3O/c1-4-5-6-7-8-9-13-23-31(26-32,28-18-14-20-30(25-28)35-3)24-15-19-29(34-33-2)22-21-27-16-11-10-12-17-27/h10-12,14,16-18,20,25,29H,4-9,13,15,19,21-24H2,1-3H3. The molecule has 0 bridgehead atoms. The number of hydrogen-bond donors (Lipinski definition) is 0. The van der Waals surface area contributed by atoms with Gasteiger partial charge in [0.2, 0.25) is 0 Å². The zero-order valence-electron chi connectivity index (χ0n) is 22.2. The summed E-state index contributed by atoms with van der Waals surface area (Å²) in [5.41, 5.74) is 1.94. The number of nitriles is 1. The third-order valence-electron chi connectivity index (χ3n) is 7.07. The van der Waals surface area contributed by atoms with Gasteiger partial charge in [-0.1, -0.05) is 94.3 Å². The molecule has 0 saturated heterocycles. The Hall–Kier alpha value is -2.67. The van der Waals surface area contributed by atoms with Crippen molar-refractivity contribution in [3.05, 3.63) is 65.7 Å². The molecule has 2 atom stereocenters. The molecule has 4 heteroatoms. The van der Waals surface area contributed by atoms with Gasteiger partial charge in [-0.3, -0.25) is 0 Å². The summed E-state index contributed by atoms with van der Waals surface area (Å²) in [7, 11) is 3.45. The van der Waals surface area contributed by atoms with Crippen molar-refractivity contribution in [3.8, 4) is 11.8 Å². The molecule has 0 amide bonds. The van der Waals surface area contributed by atoms with Crippen LogP contribution in [0.15, 0.2) is 64.8 Å². The van der Waals surface area contributed by atoms with Gasteiger partial charge in [0.05, 0.1) is 24.6 Å². The van der Waals surface area contributed by atoms with E-state index in [0.717, 1.165) is 56.3 Å². The number of methoxy groups -OCH3 is 1. The molecular formula is C31H45N3O. The predicted molar refractivity (Wildman–Crippen MR) is 146 cm³/mol. The molecule has 0 N–H and O–H groups in total. The maximum Gasteiger partial charge on any atom is 0.119 e. The Morgan fingerprint density at radius 2 is 1.60 bits per heavy atom. The number of benzene rings is 2. The van der Waals surface area contributed by atoms with Crippen LogP contribution in [0.4, 0.5) is 0 Å². The van der Waals surface area contributed by atoms with E-state index < -0.39 is 5.41 Å². The molecule has 35 heavy (non-hydrogen) atoms. The van der Waals surface area contributed by atoms with Crippen LogP contribution in [0.3, 0.4) is 0 Å². The lowest BCUT2D eigenvalue weighted by Crippen LogP contribution is -2.25. The molecule has 0 saturated carbocycles. The lowest BCUT2D eigenvalue weighted by molar-refractivity contribution is 0.392. The minimum absolute atomic E-state index is 0.195. The SMILES string of the molecule is CCCCCCCCCC(C#N)(CCCC(CCc1ccccc1)N=NC)c1cccc(OC)c1. The third-order valence-corrected chi connectivity index (χ3v) is 7.07. The van der Waals surface area contributed by atoms with E-state index in [-0.39, 0.29) is 6.04 Å². The van der Waals surface area contributed by atoms with Crippen LogP contribution in [0.1, 0.15) is 95.1 Å². The van der Waals surface area contributed by atoms with E-state index in [0.29, 0.717) is 0 Å². The molecule has 2 rings (SSSR count). The summed E-state index contributed by atoms with van der Waals surface area (Å²) in [4.78, 5) is 0. The summed E-state index contributed by atoms with van der Waals surface area (Å²) in [6.45, 7) is 2.25. The van der Waals surface area contributed by atoms with Crippen LogP contribution in [0.25, 0.3) is 0 Å². The highest BCUT2D eigenvalue weighted by Crippen LogP contribution is 2.37. The van der Waals surface area contributed by atoms with Crippen LogP contribution in [0, 0.1) is 11.3 Å².